The first-order chi connectivity index (χ1) is 9.11. The number of rotatable bonds is 3. The molecule has 1 aromatic heterocycles. The minimum absolute atomic E-state index is 0.176. The number of nitrogens with one attached hydrogen (secondary N) is 2. The molecule has 0 saturated heterocycles. The molecule has 19 heavy (non-hydrogen) atoms. The standard InChI is InChI=1S/C13H11F2N3O/c1-16-12-4-5-17-7-9(12)13(19)18-8-2-3-10(14)11(15)6-8/h2-7H,1H3,(H,16,17)(H,18,19). The van der Waals surface area contributed by atoms with E-state index in [0.717, 1.165) is 12.1 Å². The highest BCUT2D eigenvalue weighted by Crippen LogP contribution is 2.17. The van der Waals surface area contributed by atoms with Crippen LogP contribution in [0.2, 0.25) is 0 Å². The molecule has 0 aliphatic carbocycles. The molecule has 0 spiro atoms. The predicted molar refractivity (Wildman–Crippen MR) is 68.1 cm³/mol. The molecule has 98 valence electrons. The molecule has 0 unspecified atom stereocenters. The Morgan fingerprint density at radius 3 is 2.68 bits per heavy atom. The van der Waals surface area contributed by atoms with Gasteiger partial charge in [-0.3, -0.25) is 9.78 Å². The van der Waals surface area contributed by atoms with Crippen LogP contribution in [0.25, 0.3) is 0 Å². The Bertz CT molecular complexity index is 617. The molecule has 0 aliphatic heterocycles. The monoisotopic (exact) mass is 263 g/mol. The number of aromatic nitrogens is 1. The third-order valence-corrected chi connectivity index (χ3v) is 2.51. The zero-order valence-electron chi connectivity index (χ0n) is 10.1. The number of halogens is 2. The van der Waals surface area contributed by atoms with E-state index in [4.69, 9.17) is 0 Å². The van der Waals surface area contributed by atoms with Gasteiger partial charge in [-0.2, -0.15) is 0 Å². The summed E-state index contributed by atoms with van der Waals surface area (Å²) in [6.45, 7) is 0. The summed E-state index contributed by atoms with van der Waals surface area (Å²) < 4.78 is 25.8. The number of benzene rings is 1. The number of pyridine rings is 1. The minimum atomic E-state index is -1.02. The van der Waals surface area contributed by atoms with Crippen LogP contribution in [0.15, 0.2) is 36.7 Å². The van der Waals surface area contributed by atoms with Gasteiger partial charge in [0.15, 0.2) is 11.6 Å². The molecule has 0 aliphatic rings. The van der Waals surface area contributed by atoms with Gasteiger partial charge in [-0.1, -0.05) is 0 Å². The summed E-state index contributed by atoms with van der Waals surface area (Å²) in [5.74, 6) is -2.43. The molecular formula is C13H11F2N3O. The molecule has 1 amide bonds. The van der Waals surface area contributed by atoms with Crippen LogP contribution in [0.4, 0.5) is 20.2 Å². The third-order valence-electron chi connectivity index (χ3n) is 2.51. The smallest absolute Gasteiger partial charge is 0.259 e. The van der Waals surface area contributed by atoms with E-state index in [1.165, 1.54) is 12.3 Å². The van der Waals surface area contributed by atoms with Gasteiger partial charge in [0.05, 0.1) is 5.56 Å². The predicted octanol–water partition coefficient (Wildman–Crippen LogP) is 2.65. The molecule has 2 rings (SSSR count). The second-order valence-corrected chi connectivity index (χ2v) is 3.75. The molecule has 2 aromatic rings. The van der Waals surface area contributed by atoms with E-state index in [9.17, 15) is 13.6 Å². The Morgan fingerprint density at radius 1 is 1.21 bits per heavy atom. The zero-order valence-corrected chi connectivity index (χ0v) is 10.1. The van der Waals surface area contributed by atoms with E-state index in [0.29, 0.717) is 11.3 Å². The van der Waals surface area contributed by atoms with Crippen molar-refractivity contribution in [1.82, 2.24) is 4.98 Å². The first kappa shape index (κ1) is 12.9. The normalized spacial score (nSPS) is 10.1. The summed E-state index contributed by atoms with van der Waals surface area (Å²) in [5.41, 5.74) is 1.08. The SMILES string of the molecule is CNc1ccncc1C(=O)Nc1ccc(F)c(F)c1. The maximum atomic E-state index is 13.0. The molecule has 6 heteroatoms. The van der Waals surface area contributed by atoms with Gasteiger partial charge >= 0.3 is 0 Å². The summed E-state index contributed by atoms with van der Waals surface area (Å²) in [5, 5.41) is 5.32. The van der Waals surface area contributed by atoms with Crippen molar-refractivity contribution < 1.29 is 13.6 Å². The van der Waals surface area contributed by atoms with Gasteiger partial charge in [0.25, 0.3) is 5.91 Å². The van der Waals surface area contributed by atoms with Crippen LogP contribution in [0.5, 0.6) is 0 Å². The molecule has 0 saturated carbocycles. The van der Waals surface area contributed by atoms with Gasteiger partial charge in [0, 0.05) is 36.9 Å². The van der Waals surface area contributed by atoms with E-state index in [-0.39, 0.29) is 5.69 Å². The summed E-state index contributed by atoms with van der Waals surface area (Å²) in [6.07, 6.45) is 2.93. The number of nitrogens with zero attached hydrogens (tertiary/aromatic N) is 1. The number of carbonyl (C=O) groups excluding carboxylic acids is 1. The lowest BCUT2D eigenvalue weighted by molar-refractivity contribution is 0.102. The quantitative estimate of drug-likeness (QED) is 0.895. The lowest BCUT2D eigenvalue weighted by Gasteiger charge is -2.09. The lowest BCUT2D eigenvalue weighted by atomic mass is 10.2. The van der Waals surface area contributed by atoms with Crippen molar-refractivity contribution in [3.05, 3.63) is 53.9 Å². The number of amides is 1. The van der Waals surface area contributed by atoms with Crippen molar-refractivity contribution in [3.8, 4) is 0 Å². The van der Waals surface area contributed by atoms with Gasteiger partial charge in [-0.15, -0.1) is 0 Å². The average molecular weight is 263 g/mol. The minimum Gasteiger partial charge on any atom is -0.387 e. The second kappa shape index (κ2) is 5.43. The average Bonchev–Trinajstić information content (AvgIpc) is 2.43. The van der Waals surface area contributed by atoms with Gasteiger partial charge in [0.2, 0.25) is 0 Å². The summed E-state index contributed by atoms with van der Waals surface area (Å²) in [6, 6.07) is 4.79. The summed E-state index contributed by atoms with van der Waals surface area (Å²) >= 11 is 0. The molecule has 2 N–H and O–H groups in total. The van der Waals surface area contributed by atoms with E-state index in [2.05, 4.69) is 15.6 Å². The van der Waals surface area contributed by atoms with Gasteiger partial charge in [-0.05, 0) is 18.2 Å². The second-order valence-electron chi connectivity index (χ2n) is 3.75. The number of hydrogen-bond acceptors (Lipinski definition) is 3. The molecule has 0 atom stereocenters. The van der Waals surface area contributed by atoms with Gasteiger partial charge in [0.1, 0.15) is 0 Å². The maximum absolute atomic E-state index is 13.0. The topological polar surface area (TPSA) is 54.0 Å². The van der Waals surface area contributed by atoms with E-state index >= 15 is 0 Å². The maximum Gasteiger partial charge on any atom is 0.259 e. The molecule has 1 heterocycles. The first-order valence-corrected chi connectivity index (χ1v) is 5.50. The summed E-state index contributed by atoms with van der Waals surface area (Å²) in [4.78, 5) is 15.8. The van der Waals surface area contributed by atoms with Crippen LogP contribution < -0.4 is 10.6 Å². The van der Waals surface area contributed by atoms with E-state index < -0.39 is 17.5 Å². The third kappa shape index (κ3) is 2.85. The van der Waals surface area contributed by atoms with Gasteiger partial charge < -0.3 is 10.6 Å². The number of carbonyl (C=O) groups is 1. The van der Waals surface area contributed by atoms with Gasteiger partial charge in [-0.25, -0.2) is 8.78 Å². The molecule has 0 bridgehead atoms. The zero-order chi connectivity index (χ0) is 13.8. The van der Waals surface area contributed by atoms with Crippen LogP contribution >= 0.6 is 0 Å². The van der Waals surface area contributed by atoms with Crippen molar-refractivity contribution in [2.75, 3.05) is 17.7 Å². The molecular weight excluding hydrogens is 252 g/mol. The van der Waals surface area contributed by atoms with Crippen LogP contribution in [-0.2, 0) is 0 Å². The fourth-order valence-corrected chi connectivity index (χ4v) is 1.57. The lowest BCUT2D eigenvalue weighted by Crippen LogP contribution is -2.14. The fraction of sp³-hybridized carbons (Fsp3) is 0.0769. The van der Waals surface area contributed by atoms with Crippen LogP contribution in [0, 0.1) is 11.6 Å². The Kier molecular flexibility index (Phi) is 3.70. The highest BCUT2D eigenvalue weighted by Gasteiger charge is 2.12. The number of anilines is 2. The molecule has 0 fully saturated rings. The van der Waals surface area contributed by atoms with E-state index in [1.54, 1.807) is 19.3 Å². The number of hydrogen-bond donors (Lipinski definition) is 2. The van der Waals surface area contributed by atoms with Crippen molar-refractivity contribution in [2.24, 2.45) is 0 Å². The molecule has 1 aromatic carbocycles. The molecule has 4 nitrogen and oxygen atoms in total. The Balaban J connectivity index is 2.23. The highest BCUT2D eigenvalue weighted by atomic mass is 19.2. The summed E-state index contributed by atoms with van der Waals surface area (Å²) in [7, 11) is 1.67. The van der Waals surface area contributed by atoms with Crippen LogP contribution in [-0.4, -0.2) is 17.9 Å². The Labute approximate surface area is 108 Å². The highest BCUT2D eigenvalue weighted by molar-refractivity contribution is 6.07. The van der Waals surface area contributed by atoms with Crippen molar-refractivity contribution in [1.29, 1.82) is 0 Å². The Morgan fingerprint density at radius 2 is 2.00 bits per heavy atom. The fourth-order valence-electron chi connectivity index (χ4n) is 1.57. The molecule has 0 radical (unpaired) electrons. The Hall–Kier alpha value is -2.50. The van der Waals surface area contributed by atoms with Crippen LogP contribution in [0.3, 0.4) is 0 Å². The van der Waals surface area contributed by atoms with Crippen molar-refractivity contribution in [3.63, 3.8) is 0 Å². The van der Waals surface area contributed by atoms with E-state index in [1.807, 2.05) is 0 Å². The largest absolute Gasteiger partial charge is 0.387 e. The van der Waals surface area contributed by atoms with Crippen molar-refractivity contribution in [2.45, 2.75) is 0 Å². The van der Waals surface area contributed by atoms with Crippen LogP contribution in [0.1, 0.15) is 10.4 Å². The van der Waals surface area contributed by atoms with Crippen molar-refractivity contribution >= 4 is 17.3 Å². The first-order valence-electron chi connectivity index (χ1n) is 5.50.